The largest absolute Gasteiger partial charge is 0.347 e. The van der Waals surface area contributed by atoms with Crippen LogP contribution in [-0.4, -0.2) is 29.7 Å². The van der Waals surface area contributed by atoms with E-state index in [1.54, 1.807) is 12.4 Å². The summed E-state index contributed by atoms with van der Waals surface area (Å²) < 4.78 is 22.4. The van der Waals surface area contributed by atoms with Crippen molar-refractivity contribution in [3.63, 3.8) is 0 Å². The predicted octanol–water partition coefficient (Wildman–Crippen LogP) is 0.0712. The molecule has 82 valence electrons. The van der Waals surface area contributed by atoms with Gasteiger partial charge in [-0.3, -0.25) is 0 Å². The molecule has 0 aliphatic carbocycles. The van der Waals surface area contributed by atoms with Crippen molar-refractivity contribution in [1.82, 2.24) is 14.3 Å². The second-order valence-corrected chi connectivity index (χ2v) is 3.99. The van der Waals surface area contributed by atoms with Crippen LogP contribution in [-0.2, 0) is 16.8 Å². The molecule has 0 spiro atoms. The van der Waals surface area contributed by atoms with Crippen molar-refractivity contribution in [2.24, 2.45) is 5.14 Å². The molecule has 6 nitrogen and oxygen atoms in total. The van der Waals surface area contributed by atoms with Crippen molar-refractivity contribution in [3.05, 3.63) is 18.2 Å². The summed E-state index contributed by atoms with van der Waals surface area (Å²) in [5.74, 6) is 0.562. The smallest absolute Gasteiger partial charge is 0.277 e. The number of nitrogens with zero attached hydrogens (tertiary/aromatic N) is 2. The van der Waals surface area contributed by atoms with Crippen LogP contribution >= 0.6 is 0 Å². The number of aromatic amines is 1. The molecule has 0 atom stereocenters. The van der Waals surface area contributed by atoms with E-state index in [1.807, 2.05) is 13.8 Å². The molecule has 1 rings (SSSR count). The van der Waals surface area contributed by atoms with Crippen LogP contribution in [0.3, 0.4) is 0 Å². The first-order valence-electron chi connectivity index (χ1n) is 4.22. The van der Waals surface area contributed by atoms with Crippen LogP contribution in [0, 0.1) is 0 Å². The number of hydrogen-bond donors (Lipinski definition) is 2. The van der Waals surface area contributed by atoms with Gasteiger partial charge in [-0.05, 0) is 0 Å². The Morgan fingerprint density at radius 3 is 2.50 bits per heavy atom. The van der Waals surface area contributed by atoms with Crippen LogP contribution in [0.15, 0.2) is 12.4 Å². The van der Waals surface area contributed by atoms with Gasteiger partial charge in [0.1, 0.15) is 5.82 Å². The highest BCUT2D eigenvalue weighted by molar-refractivity contribution is 7.86. The average Bonchev–Trinajstić information content (AvgIpc) is 2.59. The monoisotopic (exact) mass is 220 g/mol. The maximum absolute atomic E-state index is 10.7. The first-order chi connectivity index (χ1) is 6.50. The molecule has 1 heterocycles. The van der Waals surface area contributed by atoms with Gasteiger partial charge in [0.05, 0.1) is 6.54 Å². The van der Waals surface area contributed by atoms with Gasteiger partial charge in [0.25, 0.3) is 10.2 Å². The lowest BCUT2D eigenvalue weighted by atomic mass is 10.6. The van der Waals surface area contributed by atoms with Crippen molar-refractivity contribution < 1.29 is 8.42 Å². The maximum Gasteiger partial charge on any atom is 0.277 e. The van der Waals surface area contributed by atoms with E-state index >= 15 is 0 Å². The molecule has 1 aromatic heterocycles. The number of nitrogens with one attached hydrogen (secondary N) is 1. The fourth-order valence-electron chi connectivity index (χ4n) is 0.685. The molecule has 1 aromatic rings. The van der Waals surface area contributed by atoms with Gasteiger partial charge in [-0.15, -0.1) is 0 Å². The van der Waals surface area contributed by atoms with E-state index in [2.05, 4.69) is 9.97 Å². The zero-order valence-electron chi connectivity index (χ0n) is 8.56. The lowest BCUT2D eigenvalue weighted by molar-refractivity contribution is 0.459. The SMILES string of the molecule is CC.CN(Cc1ncc[nH]1)S(N)(=O)=O. The van der Waals surface area contributed by atoms with E-state index < -0.39 is 10.2 Å². The quantitative estimate of drug-likeness (QED) is 0.755. The highest BCUT2D eigenvalue weighted by atomic mass is 32.2. The normalized spacial score (nSPS) is 10.9. The molecule has 0 amide bonds. The Hall–Kier alpha value is -0.920. The lowest BCUT2D eigenvalue weighted by Crippen LogP contribution is -2.33. The van der Waals surface area contributed by atoms with Crippen LogP contribution in [0.5, 0.6) is 0 Å². The Balaban J connectivity index is 0.000000791. The molecule has 0 aromatic carbocycles. The molecule has 0 saturated carbocycles. The summed E-state index contributed by atoms with van der Waals surface area (Å²) >= 11 is 0. The summed E-state index contributed by atoms with van der Waals surface area (Å²) in [4.78, 5) is 6.62. The fraction of sp³-hybridized carbons (Fsp3) is 0.571. The Morgan fingerprint density at radius 2 is 2.14 bits per heavy atom. The number of H-pyrrole nitrogens is 1. The lowest BCUT2D eigenvalue weighted by Gasteiger charge is -2.10. The molecule has 0 aliphatic rings. The second kappa shape index (κ2) is 5.74. The standard InChI is InChI=1S/C5H10N4O2S.C2H6/c1-9(12(6,10)11)4-5-7-2-3-8-5;1-2/h2-3H,4H2,1H3,(H,7,8)(H2,6,10,11);1-2H3. The molecule has 0 aliphatic heterocycles. The van der Waals surface area contributed by atoms with Crippen LogP contribution < -0.4 is 5.14 Å². The molecule has 0 unspecified atom stereocenters. The summed E-state index contributed by atoms with van der Waals surface area (Å²) in [5.41, 5.74) is 0. The van der Waals surface area contributed by atoms with Crippen molar-refractivity contribution in [1.29, 1.82) is 0 Å². The van der Waals surface area contributed by atoms with Gasteiger partial charge in [-0.1, -0.05) is 13.8 Å². The first kappa shape index (κ1) is 13.1. The number of imidazole rings is 1. The van der Waals surface area contributed by atoms with E-state index in [1.165, 1.54) is 7.05 Å². The van der Waals surface area contributed by atoms with Gasteiger partial charge in [-0.2, -0.15) is 12.7 Å². The van der Waals surface area contributed by atoms with Gasteiger partial charge >= 0.3 is 0 Å². The van der Waals surface area contributed by atoms with Crippen LogP contribution in [0.4, 0.5) is 0 Å². The van der Waals surface area contributed by atoms with Crippen molar-refractivity contribution >= 4 is 10.2 Å². The third-order valence-electron chi connectivity index (χ3n) is 1.36. The summed E-state index contributed by atoms with van der Waals surface area (Å²) in [6.07, 6.45) is 3.17. The number of aromatic nitrogens is 2. The first-order valence-corrected chi connectivity index (χ1v) is 5.73. The Bertz CT molecular complexity index is 333. The van der Waals surface area contributed by atoms with Gasteiger partial charge in [0.2, 0.25) is 0 Å². The third kappa shape index (κ3) is 4.35. The van der Waals surface area contributed by atoms with Gasteiger partial charge in [0, 0.05) is 19.4 Å². The van der Waals surface area contributed by atoms with Gasteiger partial charge in [0.15, 0.2) is 0 Å². The molecular weight excluding hydrogens is 204 g/mol. The summed E-state index contributed by atoms with van der Waals surface area (Å²) in [7, 11) is -2.22. The van der Waals surface area contributed by atoms with E-state index in [0.29, 0.717) is 5.82 Å². The highest BCUT2D eigenvalue weighted by Gasteiger charge is 2.12. The van der Waals surface area contributed by atoms with Crippen molar-refractivity contribution in [2.75, 3.05) is 7.05 Å². The minimum Gasteiger partial charge on any atom is -0.347 e. The average molecular weight is 220 g/mol. The molecule has 0 fully saturated rings. The highest BCUT2D eigenvalue weighted by Crippen LogP contribution is 1.97. The summed E-state index contributed by atoms with van der Waals surface area (Å²) in [5, 5.41) is 4.85. The van der Waals surface area contributed by atoms with Gasteiger partial charge in [-0.25, -0.2) is 10.1 Å². The summed E-state index contributed by atoms with van der Waals surface area (Å²) in [6.45, 7) is 4.16. The third-order valence-corrected chi connectivity index (χ3v) is 2.36. The van der Waals surface area contributed by atoms with Crippen LogP contribution in [0.1, 0.15) is 19.7 Å². The maximum atomic E-state index is 10.7. The number of rotatable bonds is 3. The van der Waals surface area contributed by atoms with Crippen LogP contribution in [0.25, 0.3) is 0 Å². The molecule has 0 radical (unpaired) electrons. The molecule has 0 bridgehead atoms. The molecule has 0 saturated heterocycles. The zero-order chi connectivity index (χ0) is 11.2. The topological polar surface area (TPSA) is 92.1 Å². The van der Waals surface area contributed by atoms with E-state index in [-0.39, 0.29) is 6.54 Å². The van der Waals surface area contributed by atoms with E-state index in [4.69, 9.17) is 5.14 Å². The van der Waals surface area contributed by atoms with Crippen molar-refractivity contribution in [2.45, 2.75) is 20.4 Å². The molecule has 3 N–H and O–H groups in total. The minimum absolute atomic E-state index is 0.159. The van der Waals surface area contributed by atoms with E-state index in [0.717, 1.165) is 4.31 Å². The Morgan fingerprint density at radius 1 is 1.57 bits per heavy atom. The van der Waals surface area contributed by atoms with E-state index in [9.17, 15) is 8.42 Å². The molecule has 14 heavy (non-hydrogen) atoms. The molecular formula is C7H16N4O2S. The Kier molecular flexibility index (Phi) is 5.36. The number of nitrogens with two attached hydrogens (primary N) is 1. The molecule has 7 heteroatoms. The number of hydrogen-bond acceptors (Lipinski definition) is 3. The minimum atomic E-state index is -3.61. The second-order valence-electron chi connectivity index (χ2n) is 2.34. The van der Waals surface area contributed by atoms with Gasteiger partial charge < -0.3 is 4.98 Å². The zero-order valence-corrected chi connectivity index (χ0v) is 9.37. The van der Waals surface area contributed by atoms with Crippen molar-refractivity contribution in [3.8, 4) is 0 Å². The Labute approximate surface area is 84.3 Å². The fourth-order valence-corrected chi connectivity index (χ4v) is 0.988. The van der Waals surface area contributed by atoms with Crippen LogP contribution in [0.2, 0.25) is 0 Å². The predicted molar refractivity (Wildman–Crippen MR) is 54.5 cm³/mol. The summed E-state index contributed by atoms with van der Waals surface area (Å²) in [6, 6.07) is 0.